The van der Waals surface area contributed by atoms with E-state index in [0.717, 1.165) is 0 Å². The molecule has 8 atom stereocenters. The third kappa shape index (κ3) is 2.61. The monoisotopic (exact) mass is 522 g/mol. The van der Waals surface area contributed by atoms with Crippen LogP contribution in [0.15, 0.2) is 30.4 Å². The number of benzene rings is 1. The highest BCUT2D eigenvalue weighted by Gasteiger charge is 2.86. The van der Waals surface area contributed by atoms with Gasteiger partial charge in [-0.25, -0.2) is 22.4 Å². The number of rotatable bonds is 2. The summed E-state index contributed by atoms with van der Waals surface area (Å²) < 4.78 is 67.1. The van der Waals surface area contributed by atoms with Gasteiger partial charge in [-0.05, 0) is 42.2 Å². The molecule has 2 aliphatic heterocycles. The zero-order valence-electron chi connectivity index (χ0n) is 20.2. The van der Waals surface area contributed by atoms with E-state index in [2.05, 4.69) is 6.58 Å². The van der Waals surface area contributed by atoms with Crippen LogP contribution in [0, 0.1) is 57.3 Å². The zero-order chi connectivity index (χ0) is 26.9. The second-order valence-corrected chi connectivity index (χ2v) is 11.7. The summed E-state index contributed by atoms with van der Waals surface area (Å²) in [5, 5.41) is 23.7. The van der Waals surface area contributed by atoms with Crippen LogP contribution < -0.4 is 0 Å². The largest absolute Gasteiger partial charge is 0.457 e. The molecule has 4 aliphatic carbocycles. The number of carbonyl (C=O) groups is 2. The van der Waals surface area contributed by atoms with Crippen LogP contribution in [0.1, 0.15) is 43.5 Å². The van der Waals surface area contributed by atoms with Crippen LogP contribution in [-0.2, 0) is 14.3 Å². The molecule has 0 radical (unpaired) electrons. The maximum absolute atomic E-state index is 14.4. The van der Waals surface area contributed by atoms with Crippen LogP contribution in [0.2, 0.25) is 0 Å². The number of carbonyl (C=O) groups excluding carboxylic acids is 2. The second-order valence-electron chi connectivity index (χ2n) is 11.7. The van der Waals surface area contributed by atoms with Crippen molar-refractivity contribution in [3.05, 3.63) is 59.2 Å². The molecule has 1 aromatic carbocycles. The van der Waals surface area contributed by atoms with E-state index in [9.17, 15) is 37.4 Å². The molecular weight excluding hydrogens is 496 g/mol. The van der Waals surface area contributed by atoms with Gasteiger partial charge in [-0.3, -0.25) is 4.79 Å². The third-order valence-electron chi connectivity index (χ3n) is 9.80. The quantitative estimate of drug-likeness (QED) is 0.154. The standard InChI is InChI=1S/C27H26F4O6/c1-11-12-5-6-15-25-8-4-7-24(2,3)19(25)21(33)27(35,36-10-25)26(15,20(11)32)22(12)37-23(34)13-9-14(28)17(30)18(31)16(13)29/h4,8-9,12,15,19,21-22,33,35H,1,5-7,10H2,2-3H3/t12-,15-,19+,21-,22+,25+,26-,27-/m0/s1. The molecule has 6 aliphatic rings. The highest BCUT2D eigenvalue weighted by Crippen LogP contribution is 2.75. The van der Waals surface area contributed by atoms with E-state index in [4.69, 9.17) is 9.47 Å². The van der Waals surface area contributed by atoms with Crippen LogP contribution in [0.3, 0.4) is 0 Å². The number of hydrogen-bond donors (Lipinski definition) is 2. The Morgan fingerprint density at radius 3 is 2.57 bits per heavy atom. The normalized spacial score (nSPS) is 43.0. The van der Waals surface area contributed by atoms with Crippen molar-refractivity contribution in [3.8, 4) is 0 Å². The topological polar surface area (TPSA) is 93.1 Å². The average Bonchev–Trinajstić information content (AvgIpc) is 2.95. The summed E-state index contributed by atoms with van der Waals surface area (Å²) in [7, 11) is 0. The molecular formula is C27H26F4O6. The first-order chi connectivity index (χ1) is 17.3. The lowest BCUT2D eigenvalue weighted by atomic mass is 9.37. The zero-order valence-corrected chi connectivity index (χ0v) is 20.2. The van der Waals surface area contributed by atoms with Gasteiger partial charge in [0, 0.05) is 17.3 Å². The van der Waals surface area contributed by atoms with E-state index in [-0.39, 0.29) is 18.2 Å². The first-order valence-corrected chi connectivity index (χ1v) is 12.3. The minimum atomic E-state index is -2.47. The van der Waals surface area contributed by atoms with Gasteiger partial charge in [0.25, 0.3) is 0 Å². The fourth-order valence-electron chi connectivity index (χ4n) is 8.45. The first kappa shape index (κ1) is 24.8. The molecule has 1 aromatic rings. The molecule has 4 bridgehead atoms. The fourth-order valence-corrected chi connectivity index (χ4v) is 8.45. The van der Waals surface area contributed by atoms with E-state index in [1.54, 1.807) is 0 Å². The number of aliphatic hydroxyl groups excluding tert-OH is 1. The fraction of sp³-hybridized carbons (Fsp3) is 0.556. The summed E-state index contributed by atoms with van der Waals surface area (Å²) in [6, 6.07) is 0.181. The number of hydrogen-bond acceptors (Lipinski definition) is 6. The van der Waals surface area contributed by atoms with Gasteiger partial charge in [0.1, 0.15) is 23.2 Å². The SMILES string of the molecule is C=C1C(=O)[C@]23[C@H](OC(=O)c4cc(F)c(F)c(F)c4F)[C@H]1CC[C@H]2[C@]12C=CCC(C)(C)[C@H]1[C@H](O)[C@]3(O)OC2. The molecule has 0 amide bonds. The van der Waals surface area contributed by atoms with Crippen molar-refractivity contribution >= 4 is 11.8 Å². The van der Waals surface area contributed by atoms with E-state index in [1.807, 2.05) is 26.0 Å². The molecule has 37 heavy (non-hydrogen) atoms. The molecule has 2 heterocycles. The highest BCUT2D eigenvalue weighted by atomic mass is 19.2. The van der Waals surface area contributed by atoms with Crippen LogP contribution in [0.5, 0.6) is 0 Å². The maximum Gasteiger partial charge on any atom is 0.341 e. The predicted octanol–water partition coefficient (Wildman–Crippen LogP) is 3.60. The molecule has 7 rings (SSSR count). The number of aliphatic hydroxyl groups is 2. The Labute approximate surface area is 209 Å². The molecule has 3 saturated carbocycles. The summed E-state index contributed by atoms with van der Waals surface area (Å²) in [6.07, 6.45) is 2.22. The Morgan fingerprint density at radius 1 is 1.16 bits per heavy atom. The van der Waals surface area contributed by atoms with Crippen molar-refractivity contribution in [2.24, 2.45) is 34.0 Å². The van der Waals surface area contributed by atoms with Crippen molar-refractivity contribution in [2.45, 2.75) is 51.1 Å². The summed E-state index contributed by atoms with van der Waals surface area (Å²) in [4.78, 5) is 27.0. The maximum atomic E-state index is 14.4. The van der Waals surface area contributed by atoms with Crippen LogP contribution >= 0.6 is 0 Å². The summed E-state index contributed by atoms with van der Waals surface area (Å²) in [6.45, 7) is 7.81. The lowest BCUT2D eigenvalue weighted by molar-refractivity contribution is -0.436. The molecule has 2 saturated heterocycles. The van der Waals surface area contributed by atoms with Crippen LogP contribution in [0.25, 0.3) is 0 Å². The van der Waals surface area contributed by atoms with Gasteiger partial charge in [0.15, 0.2) is 29.1 Å². The van der Waals surface area contributed by atoms with Crippen molar-refractivity contribution in [3.63, 3.8) is 0 Å². The number of Topliss-reactive ketones (excluding diaryl/α,β-unsaturated/α-hetero) is 1. The van der Waals surface area contributed by atoms with E-state index in [0.29, 0.717) is 19.3 Å². The number of esters is 1. The molecule has 6 nitrogen and oxygen atoms in total. The molecule has 10 heteroatoms. The Morgan fingerprint density at radius 2 is 1.86 bits per heavy atom. The molecule has 198 valence electrons. The van der Waals surface area contributed by atoms with Crippen LogP contribution in [-0.4, -0.2) is 46.6 Å². The lowest BCUT2D eigenvalue weighted by Crippen LogP contribution is -2.83. The minimum absolute atomic E-state index is 0.0195. The van der Waals surface area contributed by atoms with Crippen LogP contribution in [0.4, 0.5) is 17.6 Å². The van der Waals surface area contributed by atoms with E-state index in [1.165, 1.54) is 0 Å². The number of halogens is 4. The number of ketones is 1. The molecule has 2 spiro atoms. The predicted molar refractivity (Wildman–Crippen MR) is 119 cm³/mol. The second kappa shape index (κ2) is 7.30. The van der Waals surface area contributed by atoms with Crippen molar-refractivity contribution < 1.29 is 46.8 Å². The van der Waals surface area contributed by atoms with Gasteiger partial charge >= 0.3 is 5.97 Å². The summed E-state index contributed by atoms with van der Waals surface area (Å²) in [5.41, 5.74) is -4.48. The summed E-state index contributed by atoms with van der Waals surface area (Å²) >= 11 is 0. The smallest absolute Gasteiger partial charge is 0.341 e. The average molecular weight is 522 g/mol. The number of fused-ring (bicyclic) bond motifs is 2. The van der Waals surface area contributed by atoms with Gasteiger partial charge in [0.2, 0.25) is 5.79 Å². The first-order valence-electron chi connectivity index (χ1n) is 12.3. The van der Waals surface area contributed by atoms with Gasteiger partial charge in [-0.2, -0.15) is 0 Å². The lowest BCUT2D eigenvalue weighted by Gasteiger charge is -2.72. The Bertz CT molecular complexity index is 1310. The van der Waals surface area contributed by atoms with Crippen molar-refractivity contribution in [1.29, 1.82) is 0 Å². The Kier molecular flexibility index (Phi) is 4.88. The highest BCUT2D eigenvalue weighted by molar-refractivity contribution is 6.05. The molecule has 5 fully saturated rings. The van der Waals surface area contributed by atoms with Gasteiger partial charge in [0.05, 0.1) is 6.61 Å². The molecule has 0 unspecified atom stereocenters. The Balaban J connectivity index is 1.52. The van der Waals surface area contributed by atoms with Gasteiger partial charge < -0.3 is 19.7 Å². The molecule has 0 aromatic heterocycles. The van der Waals surface area contributed by atoms with Crippen molar-refractivity contribution in [1.82, 2.24) is 0 Å². The van der Waals surface area contributed by atoms with Gasteiger partial charge in [-0.1, -0.05) is 32.6 Å². The van der Waals surface area contributed by atoms with Gasteiger partial charge in [-0.15, -0.1) is 0 Å². The van der Waals surface area contributed by atoms with E-state index >= 15 is 0 Å². The molecule has 2 N–H and O–H groups in total. The summed E-state index contributed by atoms with van der Waals surface area (Å²) in [5.74, 6) is -14.6. The Hall–Kier alpha value is -2.56. The number of allylic oxidation sites excluding steroid dienone is 1. The third-order valence-corrected chi connectivity index (χ3v) is 9.80. The minimum Gasteiger partial charge on any atom is -0.457 e. The van der Waals surface area contributed by atoms with Crippen molar-refractivity contribution in [2.75, 3.05) is 6.61 Å². The number of ether oxygens (including phenoxy) is 2. The van der Waals surface area contributed by atoms with E-state index < -0.39 is 92.6 Å².